The Hall–Kier alpha value is -1.51. The number of carbonyl (C=O) groups is 1. The normalized spacial score (nSPS) is 15.9. The molecule has 0 spiro atoms. The Balaban J connectivity index is 2.42. The Morgan fingerprint density at radius 1 is 1.33 bits per heavy atom. The highest BCUT2D eigenvalue weighted by Gasteiger charge is 2.19. The maximum absolute atomic E-state index is 11.6. The van der Waals surface area contributed by atoms with Gasteiger partial charge in [0.25, 0.3) is 0 Å². The molecule has 0 aliphatic carbocycles. The van der Waals surface area contributed by atoms with E-state index in [9.17, 15) is 4.79 Å². The SMILES string of the molecule is COc1cccc2c1CN(C)C(=O)CC2. The number of nitrogens with zero attached hydrogens (tertiary/aromatic N) is 1. The number of rotatable bonds is 1. The summed E-state index contributed by atoms with van der Waals surface area (Å²) >= 11 is 0. The third-order valence-corrected chi connectivity index (χ3v) is 2.88. The molecule has 3 heteroatoms. The quantitative estimate of drug-likeness (QED) is 0.697. The lowest BCUT2D eigenvalue weighted by Crippen LogP contribution is -2.24. The average Bonchev–Trinajstić information content (AvgIpc) is 2.39. The Morgan fingerprint density at radius 3 is 2.87 bits per heavy atom. The molecule has 1 aromatic rings. The second-order valence-corrected chi connectivity index (χ2v) is 3.85. The van der Waals surface area contributed by atoms with Gasteiger partial charge in [0.05, 0.1) is 7.11 Å². The van der Waals surface area contributed by atoms with Gasteiger partial charge in [-0.25, -0.2) is 0 Å². The van der Waals surface area contributed by atoms with Crippen molar-refractivity contribution in [1.82, 2.24) is 4.90 Å². The number of fused-ring (bicyclic) bond motifs is 1. The average molecular weight is 205 g/mol. The Labute approximate surface area is 89.7 Å². The first-order valence-corrected chi connectivity index (χ1v) is 5.11. The van der Waals surface area contributed by atoms with Crippen molar-refractivity contribution in [2.75, 3.05) is 14.2 Å². The van der Waals surface area contributed by atoms with E-state index in [-0.39, 0.29) is 5.91 Å². The minimum Gasteiger partial charge on any atom is -0.496 e. The van der Waals surface area contributed by atoms with Crippen molar-refractivity contribution < 1.29 is 9.53 Å². The first-order valence-electron chi connectivity index (χ1n) is 5.11. The van der Waals surface area contributed by atoms with E-state index in [4.69, 9.17) is 4.74 Å². The molecule has 0 N–H and O–H groups in total. The molecule has 80 valence electrons. The van der Waals surface area contributed by atoms with E-state index in [2.05, 4.69) is 6.07 Å². The lowest BCUT2D eigenvalue weighted by Gasteiger charge is -2.16. The fraction of sp³-hybridized carbons (Fsp3) is 0.417. The third kappa shape index (κ3) is 1.82. The van der Waals surface area contributed by atoms with Gasteiger partial charge < -0.3 is 9.64 Å². The topological polar surface area (TPSA) is 29.5 Å². The van der Waals surface area contributed by atoms with Gasteiger partial charge in [0, 0.05) is 25.6 Å². The van der Waals surface area contributed by atoms with Crippen molar-refractivity contribution in [1.29, 1.82) is 0 Å². The molecule has 3 nitrogen and oxygen atoms in total. The van der Waals surface area contributed by atoms with Gasteiger partial charge in [-0.2, -0.15) is 0 Å². The summed E-state index contributed by atoms with van der Waals surface area (Å²) in [6, 6.07) is 6.00. The molecule has 0 bridgehead atoms. The fourth-order valence-electron chi connectivity index (χ4n) is 1.97. The van der Waals surface area contributed by atoms with Gasteiger partial charge >= 0.3 is 0 Å². The van der Waals surface area contributed by atoms with Gasteiger partial charge in [0.1, 0.15) is 5.75 Å². The van der Waals surface area contributed by atoms with Gasteiger partial charge in [-0.15, -0.1) is 0 Å². The molecule has 1 amide bonds. The van der Waals surface area contributed by atoms with Gasteiger partial charge in [-0.05, 0) is 18.1 Å². The second-order valence-electron chi connectivity index (χ2n) is 3.85. The van der Waals surface area contributed by atoms with Crippen LogP contribution in [0.3, 0.4) is 0 Å². The van der Waals surface area contributed by atoms with Crippen molar-refractivity contribution in [3.8, 4) is 5.75 Å². The molecule has 0 saturated carbocycles. The molecule has 0 atom stereocenters. The van der Waals surface area contributed by atoms with Gasteiger partial charge in [-0.3, -0.25) is 4.79 Å². The van der Waals surface area contributed by atoms with Crippen LogP contribution in [0.1, 0.15) is 17.5 Å². The zero-order valence-electron chi connectivity index (χ0n) is 9.12. The van der Waals surface area contributed by atoms with Gasteiger partial charge in [0.2, 0.25) is 5.91 Å². The zero-order valence-corrected chi connectivity index (χ0v) is 9.12. The summed E-state index contributed by atoms with van der Waals surface area (Å²) in [5, 5.41) is 0. The number of methoxy groups -OCH3 is 1. The Kier molecular flexibility index (Phi) is 2.62. The second kappa shape index (κ2) is 3.93. The number of benzene rings is 1. The predicted octanol–water partition coefficient (Wildman–Crippen LogP) is 1.60. The monoisotopic (exact) mass is 205 g/mol. The van der Waals surface area contributed by atoms with Crippen molar-refractivity contribution >= 4 is 5.91 Å². The largest absolute Gasteiger partial charge is 0.496 e. The smallest absolute Gasteiger partial charge is 0.222 e. The first kappa shape index (κ1) is 10.0. The summed E-state index contributed by atoms with van der Waals surface area (Å²) in [4.78, 5) is 13.3. The highest BCUT2D eigenvalue weighted by Crippen LogP contribution is 2.27. The van der Waals surface area contributed by atoms with Crippen molar-refractivity contribution in [2.45, 2.75) is 19.4 Å². The Bertz CT molecular complexity index is 387. The van der Waals surface area contributed by atoms with Crippen LogP contribution in [0.15, 0.2) is 18.2 Å². The molecule has 0 fully saturated rings. The zero-order chi connectivity index (χ0) is 10.8. The van der Waals surface area contributed by atoms with E-state index < -0.39 is 0 Å². The highest BCUT2D eigenvalue weighted by molar-refractivity contribution is 5.77. The van der Waals surface area contributed by atoms with E-state index in [0.29, 0.717) is 13.0 Å². The van der Waals surface area contributed by atoms with Crippen LogP contribution in [-0.4, -0.2) is 25.0 Å². The maximum Gasteiger partial charge on any atom is 0.222 e. The van der Waals surface area contributed by atoms with E-state index >= 15 is 0 Å². The lowest BCUT2D eigenvalue weighted by atomic mass is 10.0. The van der Waals surface area contributed by atoms with E-state index in [1.807, 2.05) is 19.2 Å². The summed E-state index contributed by atoms with van der Waals surface area (Å²) < 4.78 is 5.31. The molecule has 15 heavy (non-hydrogen) atoms. The fourth-order valence-corrected chi connectivity index (χ4v) is 1.97. The van der Waals surface area contributed by atoms with E-state index in [1.165, 1.54) is 5.56 Å². The summed E-state index contributed by atoms with van der Waals surface area (Å²) in [7, 11) is 3.51. The van der Waals surface area contributed by atoms with Crippen molar-refractivity contribution in [2.24, 2.45) is 0 Å². The van der Waals surface area contributed by atoms with Crippen molar-refractivity contribution in [3.63, 3.8) is 0 Å². The molecular formula is C12H15NO2. The summed E-state index contributed by atoms with van der Waals surface area (Å²) in [5.41, 5.74) is 2.38. The number of carbonyl (C=O) groups excluding carboxylic acids is 1. The van der Waals surface area contributed by atoms with Crippen LogP contribution in [0.25, 0.3) is 0 Å². The Morgan fingerprint density at radius 2 is 2.13 bits per heavy atom. The number of aryl methyl sites for hydroxylation is 1. The first-order chi connectivity index (χ1) is 7.22. The molecule has 1 aliphatic heterocycles. The summed E-state index contributed by atoms with van der Waals surface area (Å²) in [6.45, 7) is 0.651. The number of amides is 1. The lowest BCUT2D eigenvalue weighted by molar-refractivity contribution is -0.130. The van der Waals surface area contributed by atoms with Crippen LogP contribution >= 0.6 is 0 Å². The standard InChI is InChI=1S/C12H15NO2/c1-13-8-10-9(6-7-12(13)14)4-3-5-11(10)15-2/h3-5H,6-8H2,1-2H3. The van der Waals surface area contributed by atoms with Gasteiger partial charge in [0.15, 0.2) is 0 Å². The minimum atomic E-state index is 0.202. The molecule has 0 unspecified atom stereocenters. The van der Waals surface area contributed by atoms with Crippen LogP contribution in [-0.2, 0) is 17.8 Å². The minimum absolute atomic E-state index is 0.202. The number of ether oxygens (including phenoxy) is 1. The van der Waals surface area contributed by atoms with Crippen molar-refractivity contribution in [3.05, 3.63) is 29.3 Å². The highest BCUT2D eigenvalue weighted by atomic mass is 16.5. The molecule has 1 heterocycles. The molecule has 0 radical (unpaired) electrons. The molecule has 2 rings (SSSR count). The van der Waals surface area contributed by atoms with Crippen LogP contribution < -0.4 is 4.74 Å². The molecule has 1 aromatic carbocycles. The van der Waals surface area contributed by atoms with Crippen LogP contribution in [0.5, 0.6) is 5.75 Å². The maximum atomic E-state index is 11.6. The molecule has 1 aliphatic rings. The van der Waals surface area contributed by atoms with Crippen LogP contribution in [0.2, 0.25) is 0 Å². The third-order valence-electron chi connectivity index (χ3n) is 2.88. The number of hydrogen-bond donors (Lipinski definition) is 0. The summed E-state index contributed by atoms with van der Waals surface area (Å²) in [5.74, 6) is 1.09. The van der Waals surface area contributed by atoms with E-state index in [0.717, 1.165) is 17.7 Å². The van der Waals surface area contributed by atoms with Gasteiger partial charge in [-0.1, -0.05) is 12.1 Å². The predicted molar refractivity (Wildman–Crippen MR) is 57.8 cm³/mol. The molecule has 0 saturated heterocycles. The molecular weight excluding hydrogens is 190 g/mol. The molecule has 0 aromatic heterocycles. The summed E-state index contributed by atoms with van der Waals surface area (Å²) in [6.07, 6.45) is 1.41. The van der Waals surface area contributed by atoms with E-state index in [1.54, 1.807) is 12.0 Å². The number of hydrogen-bond acceptors (Lipinski definition) is 2. The van der Waals surface area contributed by atoms with Crippen LogP contribution in [0, 0.1) is 0 Å². The van der Waals surface area contributed by atoms with Crippen LogP contribution in [0.4, 0.5) is 0 Å².